The second-order valence-electron chi connectivity index (χ2n) is 9.30. The molecule has 0 fully saturated rings. The van der Waals surface area contributed by atoms with Gasteiger partial charge in [-0.05, 0) is 66.1 Å². The topological polar surface area (TPSA) is 135 Å². The summed E-state index contributed by atoms with van der Waals surface area (Å²) in [6, 6.07) is 15.9. The van der Waals surface area contributed by atoms with Crippen LogP contribution in [0.4, 0.5) is 0 Å². The second kappa shape index (κ2) is 8.84. The number of pyridine rings is 1. The SMILES string of the molecule is C(=C\c1nc2c(ccc3ccncc32)[nH]1)/c1ccc2c(/C=C/c3nc4c(ccc5ccnnc54)[nH]3)nnc-2cn1. The van der Waals surface area contributed by atoms with Gasteiger partial charge in [0.15, 0.2) is 0 Å². The minimum absolute atomic E-state index is 0.695. The molecule has 10 nitrogen and oxygen atoms in total. The third-order valence-corrected chi connectivity index (χ3v) is 6.83. The number of hydrogen-bond donors (Lipinski definition) is 2. The van der Waals surface area contributed by atoms with E-state index >= 15 is 0 Å². The average molecular weight is 519 g/mol. The lowest BCUT2D eigenvalue weighted by Crippen LogP contribution is -1.83. The number of hydrogen-bond acceptors (Lipinski definition) is 8. The zero-order valence-electron chi connectivity index (χ0n) is 20.8. The fourth-order valence-electron chi connectivity index (χ4n) is 4.86. The maximum Gasteiger partial charge on any atom is 0.131 e. The van der Waals surface area contributed by atoms with Gasteiger partial charge in [0.1, 0.15) is 28.4 Å². The van der Waals surface area contributed by atoms with Gasteiger partial charge in [-0.1, -0.05) is 12.1 Å². The van der Waals surface area contributed by atoms with Gasteiger partial charge in [-0.15, -0.1) is 15.3 Å². The predicted molar refractivity (Wildman–Crippen MR) is 155 cm³/mol. The number of imidazole rings is 2. The summed E-state index contributed by atoms with van der Waals surface area (Å²) in [6.45, 7) is 0. The van der Waals surface area contributed by atoms with Gasteiger partial charge >= 0.3 is 0 Å². The minimum Gasteiger partial charge on any atom is -0.338 e. The number of aromatic amines is 2. The molecule has 10 heteroatoms. The summed E-state index contributed by atoms with van der Waals surface area (Å²) in [5, 5.41) is 20.0. The Hall–Kier alpha value is -5.90. The van der Waals surface area contributed by atoms with Gasteiger partial charge < -0.3 is 9.97 Å². The van der Waals surface area contributed by atoms with Gasteiger partial charge in [0.2, 0.25) is 0 Å². The Bertz CT molecular complexity index is 2240. The first-order valence-electron chi connectivity index (χ1n) is 12.6. The predicted octanol–water partition coefficient (Wildman–Crippen LogP) is 5.56. The number of aromatic nitrogens is 10. The van der Waals surface area contributed by atoms with Crippen LogP contribution in [0.1, 0.15) is 23.0 Å². The Morgan fingerprint density at radius 3 is 2.33 bits per heavy atom. The van der Waals surface area contributed by atoms with Crippen LogP contribution < -0.4 is 0 Å². The zero-order valence-corrected chi connectivity index (χ0v) is 20.8. The third kappa shape index (κ3) is 3.74. The van der Waals surface area contributed by atoms with Gasteiger partial charge in [0, 0.05) is 28.7 Å². The first-order chi connectivity index (χ1) is 19.8. The Kier molecular flexibility index (Phi) is 4.89. The van der Waals surface area contributed by atoms with Crippen molar-refractivity contribution in [2.45, 2.75) is 0 Å². The van der Waals surface area contributed by atoms with Crippen molar-refractivity contribution in [2.24, 2.45) is 0 Å². The normalized spacial score (nSPS) is 12.3. The molecule has 0 saturated heterocycles. The molecule has 0 aliphatic carbocycles. The van der Waals surface area contributed by atoms with E-state index in [9.17, 15) is 0 Å². The summed E-state index contributed by atoms with van der Waals surface area (Å²) in [5.74, 6) is 1.44. The second-order valence-corrected chi connectivity index (χ2v) is 9.30. The maximum absolute atomic E-state index is 4.76. The number of nitrogens with zero attached hydrogens (tertiary/aromatic N) is 8. The lowest BCUT2D eigenvalue weighted by atomic mass is 10.1. The summed E-state index contributed by atoms with van der Waals surface area (Å²) >= 11 is 0. The highest BCUT2D eigenvalue weighted by Gasteiger charge is 2.12. The Labute approximate surface area is 226 Å². The molecule has 2 aromatic carbocycles. The lowest BCUT2D eigenvalue weighted by molar-refractivity contribution is 1.08. The number of benzene rings is 2. The first-order valence-corrected chi connectivity index (χ1v) is 12.6. The molecule has 6 aromatic rings. The van der Waals surface area contributed by atoms with Gasteiger partial charge in [-0.3, -0.25) is 9.97 Å². The summed E-state index contributed by atoms with van der Waals surface area (Å²) in [5.41, 5.74) is 7.39. The van der Waals surface area contributed by atoms with Crippen molar-refractivity contribution in [2.75, 3.05) is 0 Å². The van der Waals surface area contributed by atoms with Crippen LogP contribution in [-0.2, 0) is 0 Å². The molecule has 0 spiro atoms. The van der Waals surface area contributed by atoms with Crippen LogP contribution in [0.25, 0.3) is 79.3 Å². The molecule has 2 N–H and O–H groups in total. The summed E-state index contributed by atoms with van der Waals surface area (Å²) in [7, 11) is 0. The van der Waals surface area contributed by atoms with Crippen LogP contribution >= 0.6 is 0 Å². The number of H-pyrrole nitrogens is 2. The van der Waals surface area contributed by atoms with Crippen LogP contribution in [0.3, 0.4) is 0 Å². The monoisotopic (exact) mass is 518 g/mol. The van der Waals surface area contributed by atoms with Crippen molar-refractivity contribution < 1.29 is 0 Å². The van der Waals surface area contributed by atoms with Gasteiger partial charge in [-0.25, -0.2) is 9.97 Å². The van der Waals surface area contributed by atoms with Crippen molar-refractivity contribution in [3.8, 4) is 11.3 Å². The zero-order chi connectivity index (χ0) is 26.5. The molecule has 0 saturated carbocycles. The number of fused-ring (bicyclic) bond motifs is 7. The van der Waals surface area contributed by atoms with E-state index in [0.717, 1.165) is 66.5 Å². The molecule has 0 unspecified atom stereocenters. The molecule has 0 amide bonds. The smallest absolute Gasteiger partial charge is 0.131 e. The molecule has 4 aromatic heterocycles. The van der Waals surface area contributed by atoms with Crippen LogP contribution in [0.15, 0.2) is 73.3 Å². The molecule has 40 heavy (non-hydrogen) atoms. The van der Waals surface area contributed by atoms with Crippen molar-refractivity contribution in [3.63, 3.8) is 0 Å². The van der Waals surface area contributed by atoms with Crippen LogP contribution in [0, 0.1) is 0 Å². The molecule has 0 atom stereocenters. The van der Waals surface area contributed by atoms with Crippen molar-refractivity contribution >= 4 is 68.0 Å². The average Bonchev–Trinajstić information content (AvgIpc) is 3.68. The minimum atomic E-state index is 0.695. The summed E-state index contributed by atoms with van der Waals surface area (Å²) in [6.07, 6.45) is 14.6. The highest BCUT2D eigenvalue weighted by molar-refractivity contribution is 6.04. The van der Waals surface area contributed by atoms with Crippen LogP contribution in [0.2, 0.25) is 0 Å². The van der Waals surface area contributed by atoms with Gasteiger partial charge in [0.05, 0.1) is 40.3 Å². The van der Waals surface area contributed by atoms with Crippen molar-refractivity contribution in [1.82, 2.24) is 50.3 Å². The van der Waals surface area contributed by atoms with Crippen molar-refractivity contribution in [1.29, 1.82) is 0 Å². The van der Waals surface area contributed by atoms with E-state index in [-0.39, 0.29) is 0 Å². The number of nitrogens with one attached hydrogen (secondary N) is 2. The number of rotatable bonds is 4. The lowest BCUT2D eigenvalue weighted by Gasteiger charge is -1.95. The van der Waals surface area contributed by atoms with Crippen LogP contribution in [-0.4, -0.2) is 50.3 Å². The fourth-order valence-corrected chi connectivity index (χ4v) is 4.86. The van der Waals surface area contributed by atoms with Crippen molar-refractivity contribution in [3.05, 3.63) is 96.4 Å². The Balaban J connectivity index is 1.08. The molecule has 0 radical (unpaired) electrons. The van der Waals surface area contributed by atoms with E-state index in [1.807, 2.05) is 73.0 Å². The molecule has 2 aliphatic rings. The highest BCUT2D eigenvalue weighted by Crippen LogP contribution is 2.26. The van der Waals surface area contributed by atoms with Gasteiger partial charge in [0.25, 0.3) is 0 Å². The van der Waals surface area contributed by atoms with E-state index in [0.29, 0.717) is 11.5 Å². The first kappa shape index (κ1) is 22.1. The molecule has 6 heterocycles. The third-order valence-electron chi connectivity index (χ3n) is 6.83. The molecule has 188 valence electrons. The maximum atomic E-state index is 4.76. The van der Waals surface area contributed by atoms with E-state index in [4.69, 9.17) is 9.97 Å². The van der Waals surface area contributed by atoms with E-state index in [1.54, 1.807) is 18.6 Å². The van der Waals surface area contributed by atoms with E-state index < -0.39 is 0 Å². The quantitative estimate of drug-likeness (QED) is 0.309. The van der Waals surface area contributed by atoms with E-state index in [2.05, 4.69) is 46.4 Å². The van der Waals surface area contributed by atoms with Crippen LogP contribution in [0.5, 0.6) is 0 Å². The molecule has 8 rings (SSSR count). The molecular formula is C30H18N10. The largest absolute Gasteiger partial charge is 0.338 e. The Morgan fingerprint density at radius 2 is 1.40 bits per heavy atom. The van der Waals surface area contributed by atoms with Gasteiger partial charge in [-0.2, -0.15) is 5.10 Å². The summed E-state index contributed by atoms with van der Waals surface area (Å²) < 4.78 is 0. The Morgan fingerprint density at radius 1 is 0.600 bits per heavy atom. The van der Waals surface area contributed by atoms with E-state index in [1.165, 1.54) is 0 Å². The summed E-state index contributed by atoms with van der Waals surface area (Å²) in [4.78, 5) is 25.0. The fraction of sp³-hybridized carbons (Fsp3) is 0. The molecule has 0 bridgehead atoms. The molecular weight excluding hydrogens is 500 g/mol. The molecule has 2 aliphatic heterocycles. The standard InChI is InChI=1S/C30H18N10/c1-6-23-29(21-15-31-13-11-17(1)21)36-26(34-23)9-4-19-3-5-20-22(38-39-25(20)16-32-19)8-10-27-35-24-7-2-18-12-14-33-40-28(18)30(24)37-27/h1-16H,(H,34,36)(H,35,37)/b9-4+,10-8+. The highest BCUT2D eigenvalue weighted by atomic mass is 15.1.